The van der Waals surface area contributed by atoms with Gasteiger partial charge in [-0.15, -0.1) is 0 Å². The van der Waals surface area contributed by atoms with E-state index in [0.29, 0.717) is 6.54 Å². The van der Waals surface area contributed by atoms with E-state index in [2.05, 4.69) is 12.2 Å². The maximum absolute atomic E-state index is 11.1. The first-order chi connectivity index (χ1) is 5.53. The number of carbonyl (C=O) groups excluding carboxylic acids is 1. The summed E-state index contributed by atoms with van der Waals surface area (Å²) < 4.78 is 5.05. The average Bonchev–Trinajstić information content (AvgIpc) is 1.96. The smallest absolute Gasteiger partial charge is 0.236 e. The molecular weight excluding hydrogens is 156 g/mol. The highest BCUT2D eigenvalue weighted by Gasteiger charge is 2.33. The lowest BCUT2D eigenvalue weighted by Gasteiger charge is -2.38. The van der Waals surface area contributed by atoms with Gasteiger partial charge >= 0.3 is 0 Å². The Bertz CT molecular complexity index is 176. The molecule has 1 unspecified atom stereocenters. The number of hydrogen-bond acceptors (Lipinski definition) is 3. The number of rotatable bonds is 3. The van der Waals surface area contributed by atoms with Gasteiger partial charge in [0, 0.05) is 12.0 Å². The van der Waals surface area contributed by atoms with Gasteiger partial charge in [0.25, 0.3) is 0 Å². The topological polar surface area (TPSA) is 64.4 Å². The number of nitrogens with one attached hydrogen (secondary N) is 1. The highest BCUT2D eigenvalue weighted by molar-refractivity contribution is 5.80. The van der Waals surface area contributed by atoms with E-state index < -0.39 is 6.04 Å². The molecule has 1 amide bonds. The molecule has 70 valence electrons. The summed E-state index contributed by atoms with van der Waals surface area (Å²) in [5.74, 6) is -0.0943. The van der Waals surface area contributed by atoms with Crippen LogP contribution in [0.4, 0.5) is 0 Å². The third-order valence-corrected chi connectivity index (χ3v) is 2.00. The Morgan fingerprint density at radius 2 is 2.33 bits per heavy atom. The van der Waals surface area contributed by atoms with Crippen molar-refractivity contribution in [1.29, 1.82) is 0 Å². The molecule has 0 bridgehead atoms. The first kappa shape index (κ1) is 9.48. The van der Waals surface area contributed by atoms with Crippen molar-refractivity contribution in [3.05, 3.63) is 0 Å². The van der Waals surface area contributed by atoms with E-state index in [4.69, 9.17) is 10.5 Å². The fraction of sp³-hybridized carbons (Fsp3) is 0.875. The van der Waals surface area contributed by atoms with Gasteiger partial charge in [0.2, 0.25) is 5.91 Å². The lowest BCUT2D eigenvalue weighted by Crippen LogP contribution is -2.51. The van der Waals surface area contributed by atoms with E-state index in [-0.39, 0.29) is 11.3 Å². The molecule has 1 aliphatic rings. The van der Waals surface area contributed by atoms with Crippen molar-refractivity contribution in [3.8, 4) is 0 Å². The van der Waals surface area contributed by atoms with E-state index in [9.17, 15) is 4.79 Å². The summed E-state index contributed by atoms with van der Waals surface area (Å²) in [6, 6.07) is -0.422. The maximum Gasteiger partial charge on any atom is 0.236 e. The van der Waals surface area contributed by atoms with Gasteiger partial charge in [0.1, 0.15) is 0 Å². The lowest BCUT2D eigenvalue weighted by molar-refractivity contribution is -0.127. The first-order valence-corrected chi connectivity index (χ1v) is 4.15. The van der Waals surface area contributed by atoms with Crippen molar-refractivity contribution in [2.24, 2.45) is 11.1 Å². The normalized spacial score (nSPS) is 22.6. The number of amides is 1. The van der Waals surface area contributed by atoms with Crippen molar-refractivity contribution in [3.63, 3.8) is 0 Å². The molecule has 0 aromatic heterocycles. The number of ether oxygens (including phenoxy) is 1. The Morgan fingerprint density at radius 1 is 1.75 bits per heavy atom. The molecule has 1 rings (SSSR count). The second-order valence-electron chi connectivity index (χ2n) is 3.81. The maximum atomic E-state index is 11.1. The summed E-state index contributed by atoms with van der Waals surface area (Å²) in [7, 11) is 0. The van der Waals surface area contributed by atoms with Crippen LogP contribution in [0, 0.1) is 5.41 Å². The standard InChI is InChI=1S/C8H16N2O2/c1-6(9)7(11)10-3-8(2)4-12-5-8/h6H,3-5,9H2,1-2H3,(H,10,11). The first-order valence-electron chi connectivity index (χ1n) is 4.15. The molecular formula is C8H16N2O2. The molecule has 1 saturated heterocycles. The molecule has 0 aliphatic carbocycles. The van der Waals surface area contributed by atoms with E-state index in [0.717, 1.165) is 13.2 Å². The van der Waals surface area contributed by atoms with Crippen LogP contribution >= 0.6 is 0 Å². The van der Waals surface area contributed by atoms with Gasteiger partial charge in [0.15, 0.2) is 0 Å². The molecule has 1 aliphatic heterocycles. The SMILES string of the molecule is CC(N)C(=O)NCC1(C)COC1. The second-order valence-corrected chi connectivity index (χ2v) is 3.81. The molecule has 0 aromatic rings. The highest BCUT2D eigenvalue weighted by atomic mass is 16.5. The predicted molar refractivity (Wildman–Crippen MR) is 45.6 cm³/mol. The largest absolute Gasteiger partial charge is 0.380 e. The van der Waals surface area contributed by atoms with Crippen LogP contribution in [0.15, 0.2) is 0 Å². The molecule has 4 nitrogen and oxygen atoms in total. The summed E-state index contributed by atoms with van der Waals surface area (Å²) in [5, 5.41) is 2.78. The van der Waals surface area contributed by atoms with Crippen LogP contribution in [0.25, 0.3) is 0 Å². The van der Waals surface area contributed by atoms with Crippen LogP contribution in [0.3, 0.4) is 0 Å². The van der Waals surface area contributed by atoms with Crippen molar-refractivity contribution < 1.29 is 9.53 Å². The quantitative estimate of drug-likeness (QED) is 0.602. The van der Waals surface area contributed by atoms with Gasteiger partial charge < -0.3 is 15.8 Å². The van der Waals surface area contributed by atoms with E-state index >= 15 is 0 Å². The zero-order valence-electron chi connectivity index (χ0n) is 7.59. The molecule has 1 heterocycles. The third kappa shape index (κ3) is 2.19. The monoisotopic (exact) mass is 172 g/mol. The summed E-state index contributed by atoms with van der Waals surface area (Å²) >= 11 is 0. The number of nitrogens with two attached hydrogens (primary N) is 1. The van der Waals surface area contributed by atoms with Crippen LogP contribution in [0.5, 0.6) is 0 Å². The molecule has 0 radical (unpaired) electrons. The van der Waals surface area contributed by atoms with E-state index in [1.807, 2.05) is 0 Å². The highest BCUT2D eigenvalue weighted by Crippen LogP contribution is 2.24. The Hall–Kier alpha value is -0.610. The Kier molecular flexibility index (Phi) is 2.69. The minimum absolute atomic E-state index is 0.0943. The van der Waals surface area contributed by atoms with Gasteiger partial charge in [-0.3, -0.25) is 4.79 Å². The van der Waals surface area contributed by atoms with Gasteiger partial charge in [-0.05, 0) is 6.92 Å². The number of hydrogen-bond donors (Lipinski definition) is 2. The minimum Gasteiger partial charge on any atom is -0.380 e. The van der Waals surface area contributed by atoms with Gasteiger partial charge in [-0.25, -0.2) is 0 Å². The molecule has 0 spiro atoms. The lowest BCUT2D eigenvalue weighted by atomic mass is 9.89. The Morgan fingerprint density at radius 3 is 2.67 bits per heavy atom. The molecule has 3 N–H and O–H groups in total. The molecule has 1 atom stereocenters. The van der Waals surface area contributed by atoms with Crippen LogP contribution < -0.4 is 11.1 Å². The van der Waals surface area contributed by atoms with Gasteiger partial charge in [-0.2, -0.15) is 0 Å². The van der Waals surface area contributed by atoms with E-state index in [1.54, 1.807) is 6.92 Å². The van der Waals surface area contributed by atoms with Crippen molar-refractivity contribution in [2.45, 2.75) is 19.9 Å². The third-order valence-electron chi connectivity index (χ3n) is 2.00. The fourth-order valence-electron chi connectivity index (χ4n) is 1.01. The van der Waals surface area contributed by atoms with Gasteiger partial charge in [-0.1, -0.05) is 6.92 Å². The van der Waals surface area contributed by atoms with Crippen LogP contribution in [0.1, 0.15) is 13.8 Å². The van der Waals surface area contributed by atoms with Crippen LogP contribution in [-0.4, -0.2) is 31.7 Å². The predicted octanol–water partition coefficient (Wildman–Crippen LogP) is -0.514. The minimum atomic E-state index is -0.422. The van der Waals surface area contributed by atoms with Crippen molar-refractivity contribution in [1.82, 2.24) is 5.32 Å². The molecule has 4 heteroatoms. The van der Waals surface area contributed by atoms with Crippen LogP contribution in [-0.2, 0) is 9.53 Å². The second kappa shape index (κ2) is 3.41. The Labute approximate surface area is 72.5 Å². The zero-order valence-corrected chi connectivity index (χ0v) is 7.59. The number of carbonyl (C=O) groups is 1. The average molecular weight is 172 g/mol. The van der Waals surface area contributed by atoms with Crippen molar-refractivity contribution >= 4 is 5.91 Å². The summed E-state index contributed by atoms with van der Waals surface area (Å²) in [5.41, 5.74) is 5.51. The summed E-state index contributed by atoms with van der Waals surface area (Å²) in [4.78, 5) is 11.1. The summed E-state index contributed by atoms with van der Waals surface area (Å²) in [6.07, 6.45) is 0. The Balaban J connectivity index is 2.21. The molecule has 0 aromatic carbocycles. The zero-order chi connectivity index (χ0) is 9.19. The van der Waals surface area contributed by atoms with Crippen LogP contribution in [0.2, 0.25) is 0 Å². The summed E-state index contributed by atoms with van der Waals surface area (Å²) in [6.45, 7) is 5.87. The molecule has 1 fully saturated rings. The van der Waals surface area contributed by atoms with Gasteiger partial charge in [0.05, 0.1) is 19.3 Å². The fourth-order valence-corrected chi connectivity index (χ4v) is 1.01. The van der Waals surface area contributed by atoms with Crippen molar-refractivity contribution in [2.75, 3.05) is 19.8 Å². The van der Waals surface area contributed by atoms with E-state index in [1.165, 1.54) is 0 Å². The molecule has 0 saturated carbocycles. The molecule has 12 heavy (non-hydrogen) atoms.